The van der Waals surface area contributed by atoms with Gasteiger partial charge in [-0.05, 0) is 29.8 Å². The molecule has 2 heterocycles. The van der Waals surface area contributed by atoms with E-state index in [4.69, 9.17) is 10.5 Å². The van der Waals surface area contributed by atoms with Gasteiger partial charge in [-0.1, -0.05) is 18.2 Å². The number of aromatic nitrogens is 1. The number of nitrogen functional groups attached to an aromatic ring is 1. The zero-order chi connectivity index (χ0) is 12.5. The molecule has 0 fully saturated rings. The van der Waals surface area contributed by atoms with E-state index in [1.807, 2.05) is 18.2 Å². The quantitative estimate of drug-likeness (QED) is 0.774. The van der Waals surface area contributed by atoms with Crippen molar-refractivity contribution in [3.05, 3.63) is 59.3 Å². The van der Waals surface area contributed by atoms with Gasteiger partial charge in [0.2, 0.25) is 0 Å². The lowest BCUT2D eigenvalue weighted by atomic mass is 10.1. The first-order valence-corrected chi connectivity index (χ1v) is 5.49. The summed E-state index contributed by atoms with van der Waals surface area (Å²) in [5.74, 6) is 0.655. The Bertz CT molecular complexity index is 662. The standard InChI is InChI=1S/C14H10N2O2/c15-13-8-9(5-6-16-13)7-12-10-3-1-2-4-11(10)14(17)18-12/h1-8H,(H2,15,16)/b12-7-. The maximum Gasteiger partial charge on any atom is 0.344 e. The molecular weight excluding hydrogens is 228 g/mol. The second kappa shape index (κ2) is 4.00. The minimum atomic E-state index is -0.320. The van der Waals surface area contributed by atoms with E-state index in [2.05, 4.69) is 4.98 Å². The molecule has 0 saturated heterocycles. The molecule has 0 spiro atoms. The van der Waals surface area contributed by atoms with Gasteiger partial charge in [-0.25, -0.2) is 9.78 Å². The van der Waals surface area contributed by atoms with Gasteiger partial charge in [-0.2, -0.15) is 0 Å². The van der Waals surface area contributed by atoms with Crippen LogP contribution in [0.25, 0.3) is 11.8 Å². The number of fused-ring (bicyclic) bond motifs is 1. The van der Waals surface area contributed by atoms with Gasteiger partial charge in [0, 0.05) is 11.8 Å². The molecule has 2 aromatic rings. The highest BCUT2D eigenvalue weighted by Gasteiger charge is 2.25. The summed E-state index contributed by atoms with van der Waals surface area (Å²) in [6.07, 6.45) is 3.40. The number of anilines is 1. The lowest BCUT2D eigenvalue weighted by molar-refractivity contribution is 0.0717. The van der Waals surface area contributed by atoms with Crippen LogP contribution in [0, 0.1) is 0 Å². The van der Waals surface area contributed by atoms with Gasteiger partial charge in [-0.3, -0.25) is 0 Å². The highest BCUT2D eigenvalue weighted by Crippen LogP contribution is 2.30. The fraction of sp³-hybridized carbons (Fsp3) is 0. The number of ether oxygens (including phenoxy) is 1. The molecule has 4 nitrogen and oxygen atoms in total. The van der Waals surface area contributed by atoms with Crippen molar-refractivity contribution in [2.45, 2.75) is 0 Å². The Labute approximate surface area is 104 Å². The molecule has 1 aliphatic heterocycles. The zero-order valence-electron chi connectivity index (χ0n) is 9.46. The van der Waals surface area contributed by atoms with Crippen molar-refractivity contribution in [3.63, 3.8) is 0 Å². The van der Waals surface area contributed by atoms with Gasteiger partial charge >= 0.3 is 5.97 Å². The van der Waals surface area contributed by atoms with Crippen molar-refractivity contribution >= 4 is 23.6 Å². The molecule has 18 heavy (non-hydrogen) atoms. The highest BCUT2D eigenvalue weighted by molar-refractivity contribution is 6.05. The van der Waals surface area contributed by atoms with Crippen LogP contribution < -0.4 is 5.73 Å². The molecule has 1 aliphatic rings. The lowest BCUT2D eigenvalue weighted by Gasteiger charge is -1.99. The zero-order valence-corrected chi connectivity index (χ0v) is 9.46. The summed E-state index contributed by atoms with van der Waals surface area (Å²) in [6, 6.07) is 10.8. The SMILES string of the molecule is Nc1cc(/C=C2\OC(=O)c3ccccc32)ccn1. The smallest absolute Gasteiger partial charge is 0.344 e. The van der Waals surface area contributed by atoms with Gasteiger partial charge in [0.1, 0.15) is 11.6 Å². The molecule has 4 heteroatoms. The third kappa shape index (κ3) is 1.73. The largest absolute Gasteiger partial charge is 0.422 e. The van der Waals surface area contributed by atoms with E-state index < -0.39 is 0 Å². The first-order chi connectivity index (χ1) is 8.74. The van der Waals surface area contributed by atoms with Gasteiger partial charge in [0.15, 0.2) is 0 Å². The summed E-state index contributed by atoms with van der Waals surface area (Å²) in [7, 11) is 0. The molecule has 0 unspecified atom stereocenters. The first kappa shape index (κ1) is 10.5. The van der Waals surface area contributed by atoms with E-state index in [0.29, 0.717) is 17.1 Å². The second-order valence-corrected chi connectivity index (χ2v) is 3.96. The lowest BCUT2D eigenvalue weighted by Crippen LogP contribution is -1.92. The van der Waals surface area contributed by atoms with Crippen LogP contribution in [0.4, 0.5) is 5.82 Å². The van der Waals surface area contributed by atoms with Crippen LogP contribution in [-0.2, 0) is 4.74 Å². The number of hydrogen-bond donors (Lipinski definition) is 1. The summed E-state index contributed by atoms with van der Waals surface area (Å²) < 4.78 is 5.24. The van der Waals surface area contributed by atoms with Crippen LogP contribution in [0.1, 0.15) is 21.5 Å². The van der Waals surface area contributed by atoms with Crippen molar-refractivity contribution < 1.29 is 9.53 Å². The van der Waals surface area contributed by atoms with Crippen molar-refractivity contribution in [2.75, 3.05) is 5.73 Å². The fourth-order valence-corrected chi connectivity index (χ4v) is 1.90. The van der Waals surface area contributed by atoms with Gasteiger partial charge in [-0.15, -0.1) is 0 Å². The average molecular weight is 238 g/mol. The Kier molecular flexibility index (Phi) is 2.34. The number of hydrogen-bond acceptors (Lipinski definition) is 4. The van der Waals surface area contributed by atoms with Crippen molar-refractivity contribution in [1.29, 1.82) is 0 Å². The number of esters is 1. The summed E-state index contributed by atoms with van der Waals surface area (Å²) >= 11 is 0. The number of carbonyl (C=O) groups is 1. The van der Waals surface area contributed by atoms with Crippen molar-refractivity contribution in [1.82, 2.24) is 4.98 Å². The van der Waals surface area contributed by atoms with Crippen LogP contribution in [-0.4, -0.2) is 11.0 Å². The Morgan fingerprint density at radius 3 is 2.72 bits per heavy atom. The maximum atomic E-state index is 11.6. The average Bonchev–Trinajstić information content (AvgIpc) is 2.67. The van der Waals surface area contributed by atoms with Gasteiger partial charge in [0.25, 0.3) is 0 Å². The summed E-state index contributed by atoms with van der Waals surface area (Å²) in [6.45, 7) is 0. The van der Waals surface area contributed by atoms with Gasteiger partial charge < -0.3 is 10.5 Å². The van der Waals surface area contributed by atoms with Crippen LogP contribution >= 0.6 is 0 Å². The molecule has 0 bridgehead atoms. The normalized spacial score (nSPS) is 15.6. The molecule has 0 aliphatic carbocycles. The summed E-state index contributed by atoms with van der Waals surface area (Å²) in [4.78, 5) is 15.5. The van der Waals surface area contributed by atoms with E-state index in [0.717, 1.165) is 11.1 Å². The molecule has 0 amide bonds. The Morgan fingerprint density at radius 2 is 1.94 bits per heavy atom. The van der Waals surface area contributed by atoms with Crippen LogP contribution in [0.5, 0.6) is 0 Å². The Balaban J connectivity index is 2.07. The van der Waals surface area contributed by atoms with Crippen LogP contribution in [0.15, 0.2) is 42.6 Å². The molecule has 1 aromatic carbocycles. The number of benzene rings is 1. The van der Waals surface area contributed by atoms with E-state index in [9.17, 15) is 4.79 Å². The highest BCUT2D eigenvalue weighted by atomic mass is 16.5. The van der Waals surface area contributed by atoms with Crippen LogP contribution in [0.3, 0.4) is 0 Å². The molecular formula is C14H10N2O2. The number of nitrogens with two attached hydrogens (primary N) is 1. The summed E-state index contributed by atoms with van der Waals surface area (Å²) in [5, 5.41) is 0. The number of cyclic esters (lactones) is 1. The molecule has 0 saturated carbocycles. The monoisotopic (exact) mass is 238 g/mol. The van der Waals surface area contributed by atoms with Crippen molar-refractivity contribution in [2.24, 2.45) is 0 Å². The second-order valence-electron chi connectivity index (χ2n) is 3.96. The van der Waals surface area contributed by atoms with E-state index in [1.54, 1.807) is 30.5 Å². The van der Waals surface area contributed by atoms with E-state index >= 15 is 0 Å². The third-order valence-electron chi connectivity index (χ3n) is 2.72. The maximum absolute atomic E-state index is 11.6. The van der Waals surface area contributed by atoms with E-state index in [-0.39, 0.29) is 5.97 Å². The number of pyridine rings is 1. The molecule has 88 valence electrons. The molecule has 0 atom stereocenters. The van der Waals surface area contributed by atoms with Crippen LogP contribution in [0.2, 0.25) is 0 Å². The molecule has 1 aromatic heterocycles. The Morgan fingerprint density at radius 1 is 1.17 bits per heavy atom. The minimum absolute atomic E-state index is 0.320. The van der Waals surface area contributed by atoms with E-state index in [1.165, 1.54) is 0 Å². The number of rotatable bonds is 1. The topological polar surface area (TPSA) is 65.2 Å². The first-order valence-electron chi connectivity index (χ1n) is 5.49. The predicted molar refractivity (Wildman–Crippen MR) is 68.4 cm³/mol. The fourth-order valence-electron chi connectivity index (χ4n) is 1.90. The molecule has 0 radical (unpaired) electrons. The van der Waals surface area contributed by atoms with Gasteiger partial charge in [0.05, 0.1) is 5.56 Å². The van der Waals surface area contributed by atoms with Crippen molar-refractivity contribution in [3.8, 4) is 0 Å². The molecule has 2 N–H and O–H groups in total. The summed E-state index contributed by atoms with van der Waals surface area (Å²) in [5.41, 5.74) is 7.85. The molecule has 3 rings (SSSR count). The third-order valence-corrected chi connectivity index (χ3v) is 2.72. The number of nitrogens with zero attached hydrogens (tertiary/aromatic N) is 1. The minimum Gasteiger partial charge on any atom is -0.422 e. The predicted octanol–water partition coefficient (Wildman–Crippen LogP) is 2.33. The number of carbonyl (C=O) groups excluding carboxylic acids is 1. The Hall–Kier alpha value is -2.62.